The summed E-state index contributed by atoms with van der Waals surface area (Å²) in [6.45, 7) is 17.7. The number of benzene rings is 2. The molecule has 0 radical (unpaired) electrons. The summed E-state index contributed by atoms with van der Waals surface area (Å²) in [6, 6.07) is 8.77. The molecule has 2 aliphatic carbocycles. The van der Waals surface area contributed by atoms with E-state index >= 15 is 0 Å². The number of nitrogens with zero attached hydrogens (tertiary/aromatic N) is 2. The van der Waals surface area contributed by atoms with Gasteiger partial charge in [0.05, 0.1) is 11.6 Å². The minimum absolute atomic E-state index is 0.0881. The van der Waals surface area contributed by atoms with Crippen molar-refractivity contribution in [1.82, 2.24) is 0 Å². The lowest BCUT2D eigenvalue weighted by atomic mass is 9.87. The van der Waals surface area contributed by atoms with Crippen LogP contribution in [0.2, 0.25) is 0 Å². The van der Waals surface area contributed by atoms with Crippen LogP contribution in [-0.4, -0.2) is 34.2 Å². The summed E-state index contributed by atoms with van der Waals surface area (Å²) >= 11 is 0. The van der Waals surface area contributed by atoms with Gasteiger partial charge in [-0.05, 0) is 115 Å². The highest BCUT2D eigenvalue weighted by Gasteiger charge is 2.52. The third kappa shape index (κ3) is 6.42. The fraction of sp³-hybridized carbons (Fsp3) is 0.622. The van der Waals surface area contributed by atoms with Crippen LogP contribution in [-0.2, 0) is 0 Å². The van der Waals surface area contributed by atoms with E-state index in [0.29, 0.717) is 41.1 Å². The highest BCUT2D eigenvalue weighted by Crippen LogP contribution is 2.52. The van der Waals surface area contributed by atoms with Gasteiger partial charge in [0.25, 0.3) is 0 Å². The predicted octanol–water partition coefficient (Wildman–Crippen LogP) is 10.0. The van der Waals surface area contributed by atoms with Crippen LogP contribution >= 0.6 is 0 Å². The number of aromatic hydroxyl groups is 2. The first-order valence-corrected chi connectivity index (χ1v) is 16.4. The van der Waals surface area contributed by atoms with Crippen LogP contribution in [0.1, 0.15) is 164 Å². The molecular weight excluding hydrogens is 504 g/mol. The van der Waals surface area contributed by atoms with Crippen molar-refractivity contribution in [3.8, 4) is 11.5 Å². The minimum atomic E-state index is -0.236. The number of phenolic OH excluding ortho intramolecular Hbond substituents is 2. The van der Waals surface area contributed by atoms with Gasteiger partial charge in [0.1, 0.15) is 11.5 Å². The normalized spacial score (nSPS) is 25.3. The fourth-order valence-electron chi connectivity index (χ4n) is 6.81. The Hall–Kier alpha value is -2.62. The van der Waals surface area contributed by atoms with Crippen LogP contribution in [0.4, 0.5) is 0 Å². The van der Waals surface area contributed by atoms with E-state index < -0.39 is 0 Å². The third-order valence-corrected chi connectivity index (χ3v) is 10.7. The molecule has 2 N–H and O–H groups in total. The van der Waals surface area contributed by atoms with E-state index in [1.807, 2.05) is 12.4 Å². The molecule has 2 fully saturated rings. The summed E-state index contributed by atoms with van der Waals surface area (Å²) < 4.78 is 0. The fourth-order valence-corrected chi connectivity index (χ4v) is 6.81. The van der Waals surface area contributed by atoms with Crippen molar-refractivity contribution in [1.29, 1.82) is 0 Å². The quantitative estimate of drug-likeness (QED) is 0.255. The molecule has 0 heterocycles. The van der Waals surface area contributed by atoms with Crippen LogP contribution in [0.5, 0.6) is 11.5 Å². The average molecular weight is 559 g/mol. The zero-order chi connectivity index (χ0) is 29.9. The van der Waals surface area contributed by atoms with Crippen LogP contribution in [0, 0.1) is 5.92 Å². The summed E-state index contributed by atoms with van der Waals surface area (Å²) in [5.74, 6) is 2.85. The maximum Gasteiger partial charge on any atom is 0.127 e. The Morgan fingerprint density at radius 2 is 1.24 bits per heavy atom. The van der Waals surface area contributed by atoms with Gasteiger partial charge in [0.15, 0.2) is 0 Å². The SMILES string of the molecule is CCC(C)c1cc(C=NC2CC3CCC2(N=Cc2cc(C(C)CC)cc(C(C)CC)c2O)C3)c(O)c(C(C)CC)c1. The molecule has 4 nitrogen and oxygen atoms in total. The second-order valence-corrected chi connectivity index (χ2v) is 13.3. The van der Waals surface area contributed by atoms with Gasteiger partial charge in [-0.1, -0.05) is 67.5 Å². The van der Waals surface area contributed by atoms with Gasteiger partial charge in [-0.2, -0.15) is 0 Å². The molecule has 0 aliphatic heterocycles. The Morgan fingerprint density at radius 1 is 0.756 bits per heavy atom. The lowest BCUT2D eigenvalue weighted by Gasteiger charge is -2.29. The van der Waals surface area contributed by atoms with Crippen molar-refractivity contribution < 1.29 is 10.2 Å². The van der Waals surface area contributed by atoms with Crippen molar-refractivity contribution in [3.05, 3.63) is 57.6 Å². The molecule has 2 aliphatic rings. The first-order valence-electron chi connectivity index (χ1n) is 16.4. The minimum Gasteiger partial charge on any atom is -0.507 e. The second-order valence-electron chi connectivity index (χ2n) is 13.3. The highest BCUT2D eigenvalue weighted by atomic mass is 16.3. The first-order chi connectivity index (χ1) is 19.6. The summed E-state index contributed by atoms with van der Waals surface area (Å²) in [7, 11) is 0. The van der Waals surface area contributed by atoms with Gasteiger partial charge >= 0.3 is 0 Å². The molecule has 2 aromatic carbocycles. The van der Waals surface area contributed by atoms with Crippen LogP contribution in [0.25, 0.3) is 0 Å². The maximum atomic E-state index is 11.3. The van der Waals surface area contributed by atoms with E-state index in [1.165, 1.54) is 17.5 Å². The van der Waals surface area contributed by atoms with E-state index in [2.05, 4.69) is 79.7 Å². The Morgan fingerprint density at radius 3 is 1.71 bits per heavy atom. The lowest BCUT2D eigenvalue weighted by Crippen LogP contribution is -2.34. The van der Waals surface area contributed by atoms with E-state index in [1.54, 1.807) is 0 Å². The molecule has 7 unspecified atom stereocenters. The topological polar surface area (TPSA) is 65.2 Å². The van der Waals surface area contributed by atoms with Crippen molar-refractivity contribution in [2.75, 3.05) is 0 Å². The van der Waals surface area contributed by atoms with Crippen molar-refractivity contribution in [2.45, 2.75) is 142 Å². The second kappa shape index (κ2) is 13.1. The van der Waals surface area contributed by atoms with Gasteiger partial charge in [0.2, 0.25) is 0 Å². The van der Waals surface area contributed by atoms with Crippen LogP contribution < -0.4 is 0 Å². The van der Waals surface area contributed by atoms with Gasteiger partial charge in [0, 0.05) is 23.6 Å². The molecule has 0 saturated heterocycles. The predicted molar refractivity (Wildman–Crippen MR) is 175 cm³/mol. The zero-order valence-electron chi connectivity index (χ0n) is 26.9. The van der Waals surface area contributed by atoms with E-state index in [9.17, 15) is 10.2 Å². The molecule has 2 aromatic rings. The Labute approximate surface area is 249 Å². The Balaban J connectivity index is 1.69. The zero-order valence-corrected chi connectivity index (χ0v) is 26.9. The number of hydrogen-bond acceptors (Lipinski definition) is 4. The standard InChI is InChI=1S/C37H54N2O2/c1-9-23(5)28-16-30(35(40)32(18-28)25(7)11-3)21-38-34-15-27-13-14-37(34,20-27)39-22-31-17-29(24(6)10-2)19-33(36(31)41)26(8)12-4/h16-19,21-27,34,40-41H,9-15,20H2,1-8H3. The third-order valence-electron chi connectivity index (χ3n) is 10.7. The Bertz CT molecular complexity index is 1260. The monoisotopic (exact) mass is 558 g/mol. The molecule has 2 bridgehead atoms. The molecule has 0 aromatic heterocycles. The molecule has 0 amide bonds. The maximum absolute atomic E-state index is 11.3. The van der Waals surface area contributed by atoms with Gasteiger partial charge in [-0.15, -0.1) is 0 Å². The summed E-state index contributed by atoms with van der Waals surface area (Å²) in [5, 5.41) is 22.5. The summed E-state index contributed by atoms with van der Waals surface area (Å²) in [4.78, 5) is 10.4. The molecule has 7 atom stereocenters. The molecular formula is C37H54N2O2. The average Bonchev–Trinajstić information content (AvgIpc) is 3.56. The molecule has 2 saturated carbocycles. The van der Waals surface area contributed by atoms with Crippen LogP contribution in [0.3, 0.4) is 0 Å². The largest absolute Gasteiger partial charge is 0.507 e. The molecule has 0 spiro atoms. The Kier molecular flexibility index (Phi) is 10.0. The molecule has 224 valence electrons. The van der Waals surface area contributed by atoms with Gasteiger partial charge in [-0.25, -0.2) is 0 Å². The van der Waals surface area contributed by atoms with Crippen LogP contribution in [0.15, 0.2) is 34.3 Å². The van der Waals surface area contributed by atoms with Crippen molar-refractivity contribution >= 4 is 12.4 Å². The van der Waals surface area contributed by atoms with Crippen molar-refractivity contribution in [3.63, 3.8) is 0 Å². The van der Waals surface area contributed by atoms with E-state index in [4.69, 9.17) is 9.98 Å². The number of aliphatic imine (C=N–C) groups is 2. The van der Waals surface area contributed by atoms with Crippen molar-refractivity contribution in [2.24, 2.45) is 15.9 Å². The number of hydrogen-bond donors (Lipinski definition) is 2. The number of fused-ring (bicyclic) bond motifs is 2. The van der Waals surface area contributed by atoms with Gasteiger partial charge < -0.3 is 10.2 Å². The molecule has 4 heteroatoms. The smallest absolute Gasteiger partial charge is 0.127 e. The molecule has 4 rings (SSSR count). The molecule has 41 heavy (non-hydrogen) atoms. The summed E-state index contributed by atoms with van der Waals surface area (Å²) in [6.07, 6.45) is 12.3. The van der Waals surface area contributed by atoms with E-state index in [0.717, 1.165) is 67.2 Å². The lowest BCUT2D eigenvalue weighted by molar-refractivity contribution is 0.367. The summed E-state index contributed by atoms with van der Waals surface area (Å²) in [5.41, 5.74) is 6.04. The van der Waals surface area contributed by atoms with Gasteiger partial charge in [-0.3, -0.25) is 9.98 Å². The number of phenols is 2. The number of rotatable bonds is 12. The highest BCUT2D eigenvalue weighted by molar-refractivity contribution is 5.86. The first kappa shape index (κ1) is 31.3. The van der Waals surface area contributed by atoms with E-state index in [-0.39, 0.29) is 11.6 Å².